The largest absolute Gasteiger partial charge is 0.228 e. The van der Waals surface area contributed by atoms with Gasteiger partial charge in [-0.05, 0) is 13.8 Å². The summed E-state index contributed by atoms with van der Waals surface area (Å²) in [6, 6.07) is 1.47. The second kappa shape index (κ2) is 5.61. The SMILES string of the molecule is CC(C)N(CCC#N)S(=O)(=O)CS(C)(=O)=O. The molecule has 0 aromatic carbocycles. The predicted octanol–water partition coefficient (Wildman–Crippen LogP) is -0.0576. The van der Waals surface area contributed by atoms with E-state index >= 15 is 0 Å². The van der Waals surface area contributed by atoms with Gasteiger partial charge < -0.3 is 0 Å². The van der Waals surface area contributed by atoms with Gasteiger partial charge in [-0.15, -0.1) is 0 Å². The van der Waals surface area contributed by atoms with Crippen molar-refractivity contribution in [1.82, 2.24) is 4.31 Å². The monoisotopic (exact) mass is 268 g/mol. The molecule has 0 heterocycles. The summed E-state index contributed by atoms with van der Waals surface area (Å²) in [4.78, 5) is 0. The molecule has 0 unspecified atom stereocenters. The van der Waals surface area contributed by atoms with Crippen molar-refractivity contribution in [3.63, 3.8) is 0 Å². The van der Waals surface area contributed by atoms with E-state index in [0.29, 0.717) is 0 Å². The van der Waals surface area contributed by atoms with Gasteiger partial charge >= 0.3 is 0 Å². The third-order valence-electron chi connectivity index (χ3n) is 1.74. The molecular weight excluding hydrogens is 252 g/mol. The number of nitriles is 1. The highest BCUT2D eigenvalue weighted by Gasteiger charge is 2.28. The van der Waals surface area contributed by atoms with Crippen LogP contribution in [0.2, 0.25) is 0 Å². The molecule has 0 aromatic rings. The highest BCUT2D eigenvalue weighted by molar-refractivity contribution is 8.06. The quantitative estimate of drug-likeness (QED) is 0.672. The van der Waals surface area contributed by atoms with E-state index in [9.17, 15) is 16.8 Å². The van der Waals surface area contributed by atoms with Gasteiger partial charge in [-0.25, -0.2) is 16.8 Å². The predicted molar refractivity (Wildman–Crippen MR) is 60.7 cm³/mol. The molecule has 0 spiro atoms. The van der Waals surface area contributed by atoms with Gasteiger partial charge in [0, 0.05) is 25.3 Å². The first-order valence-electron chi connectivity index (χ1n) is 4.64. The van der Waals surface area contributed by atoms with E-state index in [2.05, 4.69) is 0 Å². The highest BCUT2D eigenvalue weighted by atomic mass is 32.3. The maximum Gasteiger partial charge on any atom is 0.228 e. The third kappa shape index (κ3) is 5.44. The topological polar surface area (TPSA) is 95.3 Å². The van der Waals surface area contributed by atoms with Crippen LogP contribution in [0.4, 0.5) is 0 Å². The standard InChI is InChI=1S/C8H16N2O4S2/c1-8(2)10(6-4-5-9)16(13,14)7-15(3,11)12/h8H,4,6-7H2,1-3H3. The first kappa shape index (κ1) is 15.3. The summed E-state index contributed by atoms with van der Waals surface area (Å²) < 4.78 is 46.5. The second-order valence-corrected chi connectivity index (χ2v) is 8.20. The molecule has 0 saturated carbocycles. The van der Waals surface area contributed by atoms with Crippen molar-refractivity contribution >= 4 is 19.9 Å². The van der Waals surface area contributed by atoms with Gasteiger partial charge in [0.1, 0.15) is 0 Å². The van der Waals surface area contributed by atoms with Gasteiger partial charge in [0.25, 0.3) is 0 Å². The lowest BCUT2D eigenvalue weighted by atomic mass is 10.3. The van der Waals surface area contributed by atoms with E-state index in [1.54, 1.807) is 13.8 Å². The Hall–Kier alpha value is -0.650. The fraction of sp³-hybridized carbons (Fsp3) is 0.875. The molecule has 8 heteroatoms. The van der Waals surface area contributed by atoms with Gasteiger partial charge in [-0.2, -0.15) is 9.57 Å². The molecule has 0 atom stereocenters. The van der Waals surface area contributed by atoms with Gasteiger partial charge in [0.05, 0.1) is 6.07 Å². The summed E-state index contributed by atoms with van der Waals surface area (Å²) in [5, 5.41) is 7.49. The fourth-order valence-corrected chi connectivity index (χ4v) is 4.93. The van der Waals surface area contributed by atoms with Gasteiger partial charge in [-0.3, -0.25) is 0 Å². The molecule has 0 aromatic heterocycles. The van der Waals surface area contributed by atoms with Crippen LogP contribution < -0.4 is 0 Å². The average Bonchev–Trinajstić information content (AvgIpc) is 1.98. The molecule has 0 aliphatic rings. The van der Waals surface area contributed by atoms with Crippen molar-refractivity contribution in [2.24, 2.45) is 0 Å². The lowest BCUT2D eigenvalue weighted by molar-refractivity contribution is 0.362. The summed E-state index contributed by atoms with van der Waals surface area (Å²) in [7, 11) is -7.46. The van der Waals surface area contributed by atoms with Gasteiger partial charge in [-0.1, -0.05) is 0 Å². The second-order valence-electron chi connectivity index (χ2n) is 3.77. The zero-order valence-corrected chi connectivity index (χ0v) is 11.2. The van der Waals surface area contributed by atoms with E-state index < -0.39 is 24.9 Å². The van der Waals surface area contributed by atoms with Crippen LogP contribution in [0.1, 0.15) is 20.3 Å². The molecule has 0 amide bonds. The maximum absolute atomic E-state index is 11.7. The van der Waals surface area contributed by atoms with E-state index in [4.69, 9.17) is 5.26 Å². The summed E-state index contributed by atoms with van der Waals surface area (Å²) in [5.74, 6) is 0. The Labute approximate surface area is 96.8 Å². The van der Waals surface area contributed by atoms with Crippen molar-refractivity contribution < 1.29 is 16.8 Å². The van der Waals surface area contributed by atoms with Crippen LogP contribution in [0.3, 0.4) is 0 Å². The summed E-state index contributed by atoms with van der Waals surface area (Å²) >= 11 is 0. The third-order valence-corrected chi connectivity index (χ3v) is 5.96. The number of rotatable bonds is 6. The molecule has 0 N–H and O–H groups in total. The fourth-order valence-electron chi connectivity index (χ4n) is 1.22. The maximum atomic E-state index is 11.7. The molecule has 0 saturated heterocycles. The van der Waals surface area contributed by atoms with Crippen LogP contribution in [-0.4, -0.2) is 45.1 Å². The van der Waals surface area contributed by atoms with E-state index in [1.807, 2.05) is 6.07 Å². The molecule has 16 heavy (non-hydrogen) atoms. The van der Waals surface area contributed by atoms with Crippen LogP contribution in [0, 0.1) is 11.3 Å². The lowest BCUT2D eigenvalue weighted by Crippen LogP contribution is -2.40. The Bertz CT molecular complexity index is 459. The number of sulfone groups is 1. The summed E-state index contributed by atoms with van der Waals surface area (Å²) in [6.07, 6.45) is 0.911. The lowest BCUT2D eigenvalue weighted by Gasteiger charge is -2.24. The molecule has 0 radical (unpaired) electrons. The minimum Gasteiger partial charge on any atom is -0.228 e. The number of hydrogen-bond acceptors (Lipinski definition) is 5. The van der Waals surface area contributed by atoms with Gasteiger partial charge in [0.2, 0.25) is 10.0 Å². The number of hydrogen-bond donors (Lipinski definition) is 0. The van der Waals surface area contributed by atoms with Crippen molar-refractivity contribution in [1.29, 1.82) is 5.26 Å². The van der Waals surface area contributed by atoms with Crippen molar-refractivity contribution in [3.8, 4) is 6.07 Å². The summed E-state index contributed by atoms with van der Waals surface area (Å²) in [6.45, 7) is 3.29. The molecule has 94 valence electrons. The zero-order chi connectivity index (χ0) is 13.0. The molecule has 6 nitrogen and oxygen atoms in total. The Balaban J connectivity index is 5.00. The Morgan fingerprint density at radius 2 is 1.75 bits per heavy atom. The molecule has 0 bridgehead atoms. The first-order valence-corrected chi connectivity index (χ1v) is 8.31. The van der Waals surface area contributed by atoms with E-state index in [0.717, 1.165) is 10.6 Å². The molecule has 0 aliphatic heterocycles. The molecule has 0 aliphatic carbocycles. The van der Waals surface area contributed by atoms with Crippen molar-refractivity contribution in [2.75, 3.05) is 17.9 Å². The molecule has 0 fully saturated rings. The van der Waals surface area contributed by atoms with Gasteiger partial charge in [0.15, 0.2) is 14.9 Å². The average molecular weight is 268 g/mol. The first-order chi connectivity index (χ1) is 7.10. The van der Waals surface area contributed by atoms with E-state index in [-0.39, 0.29) is 19.0 Å². The van der Waals surface area contributed by atoms with Crippen molar-refractivity contribution in [2.45, 2.75) is 26.3 Å². The Morgan fingerprint density at radius 1 is 1.25 bits per heavy atom. The molecular formula is C8H16N2O4S2. The summed E-state index contributed by atoms with van der Waals surface area (Å²) in [5.41, 5.74) is 0. The van der Waals surface area contributed by atoms with Crippen LogP contribution in [0.5, 0.6) is 0 Å². The normalized spacial score (nSPS) is 13.0. The van der Waals surface area contributed by atoms with Crippen LogP contribution in [0.15, 0.2) is 0 Å². The van der Waals surface area contributed by atoms with Crippen molar-refractivity contribution in [3.05, 3.63) is 0 Å². The minimum atomic E-state index is -3.86. The minimum absolute atomic E-state index is 0.0199. The molecule has 0 rings (SSSR count). The Morgan fingerprint density at radius 3 is 2.06 bits per heavy atom. The smallest absolute Gasteiger partial charge is 0.228 e. The number of nitrogens with zero attached hydrogens (tertiary/aromatic N) is 2. The Kier molecular flexibility index (Phi) is 5.38. The zero-order valence-electron chi connectivity index (χ0n) is 9.54. The number of sulfonamides is 1. The van der Waals surface area contributed by atoms with Crippen LogP contribution >= 0.6 is 0 Å². The highest BCUT2D eigenvalue weighted by Crippen LogP contribution is 2.10. The van der Waals surface area contributed by atoms with Crippen LogP contribution in [0.25, 0.3) is 0 Å². The van der Waals surface area contributed by atoms with E-state index in [1.165, 1.54) is 0 Å². The van der Waals surface area contributed by atoms with Crippen LogP contribution in [-0.2, 0) is 19.9 Å².